The fourth-order valence-corrected chi connectivity index (χ4v) is 2.37. The van der Waals surface area contributed by atoms with Crippen LogP contribution in [0.4, 0.5) is 0 Å². The fourth-order valence-electron chi connectivity index (χ4n) is 1.95. The Labute approximate surface area is 144 Å². The molecule has 7 nitrogen and oxygen atoms in total. The van der Waals surface area contributed by atoms with Gasteiger partial charge in [0.15, 0.2) is 5.96 Å². The third-order valence-corrected chi connectivity index (χ3v) is 4.16. The van der Waals surface area contributed by atoms with E-state index in [0.29, 0.717) is 25.7 Å². The molecule has 24 heavy (non-hydrogen) atoms. The molecule has 0 fully saturated rings. The number of nitrogens with one attached hydrogen (secondary N) is 2. The topological polar surface area (TPSA) is 89.0 Å². The number of aryl methyl sites for hydroxylation is 1. The summed E-state index contributed by atoms with van der Waals surface area (Å²) in [5.74, 6) is 1.51. The summed E-state index contributed by atoms with van der Waals surface area (Å²) >= 11 is 0. The second kappa shape index (κ2) is 10.1. The van der Waals surface area contributed by atoms with Gasteiger partial charge in [-0.1, -0.05) is 12.1 Å². The van der Waals surface area contributed by atoms with E-state index in [9.17, 15) is 8.42 Å². The van der Waals surface area contributed by atoms with E-state index in [2.05, 4.69) is 15.6 Å². The summed E-state index contributed by atoms with van der Waals surface area (Å²) in [5, 5.41) is 6.31. The minimum absolute atomic E-state index is 0.0349. The zero-order valence-corrected chi connectivity index (χ0v) is 15.6. The number of hydrogen-bond donors (Lipinski definition) is 2. The van der Waals surface area contributed by atoms with Gasteiger partial charge in [0.1, 0.15) is 15.6 Å². The maximum atomic E-state index is 11.0. The number of guanidine groups is 1. The van der Waals surface area contributed by atoms with Gasteiger partial charge < -0.3 is 20.1 Å². The maximum absolute atomic E-state index is 11.0. The lowest BCUT2D eigenvalue weighted by molar-refractivity contribution is 0.154. The van der Waals surface area contributed by atoms with Crippen LogP contribution in [0.2, 0.25) is 0 Å². The molecule has 0 aliphatic carbocycles. The summed E-state index contributed by atoms with van der Waals surface area (Å²) in [4.78, 5) is 4.14. The Morgan fingerprint density at radius 2 is 2.00 bits per heavy atom. The standard InChI is InChI=1S/C16H27N3O4S/c1-13-5-6-14(15(11-13)22-3)12-19-16(17-2)18-7-8-23-9-10-24(4,20)21/h5-6,11H,7-10,12H2,1-4H3,(H2,17,18,19). The van der Waals surface area contributed by atoms with Gasteiger partial charge in [0.25, 0.3) is 0 Å². The van der Waals surface area contributed by atoms with Gasteiger partial charge in [-0.3, -0.25) is 4.99 Å². The number of nitrogens with zero attached hydrogens (tertiary/aromatic N) is 1. The molecule has 0 saturated heterocycles. The van der Waals surface area contributed by atoms with Gasteiger partial charge in [0.05, 0.1) is 26.1 Å². The molecule has 8 heteroatoms. The lowest BCUT2D eigenvalue weighted by Gasteiger charge is -2.14. The first-order valence-electron chi connectivity index (χ1n) is 7.69. The summed E-state index contributed by atoms with van der Waals surface area (Å²) in [6, 6.07) is 6.04. The van der Waals surface area contributed by atoms with Gasteiger partial charge in [-0.2, -0.15) is 0 Å². The number of sulfone groups is 1. The molecular formula is C16H27N3O4S. The van der Waals surface area contributed by atoms with Crippen LogP contribution in [0.1, 0.15) is 11.1 Å². The van der Waals surface area contributed by atoms with Crippen molar-refractivity contribution in [1.29, 1.82) is 0 Å². The van der Waals surface area contributed by atoms with Crippen LogP contribution in [0.5, 0.6) is 5.75 Å². The van der Waals surface area contributed by atoms with Crippen LogP contribution < -0.4 is 15.4 Å². The average Bonchev–Trinajstić information content (AvgIpc) is 2.53. The van der Waals surface area contributed by atoms with Crippen molar-refractivity contribution in [1.82, 2.24) is 10.6 Å². The molecule has 0 aliphatic rings. The van der Waals surface area contributed by atoms with E-state index in [-0.39, 0.29) is 12.4 Å². The second-order valence-electron chi connectivity index (χ2n) is 5.41. The van der Waals surface area contributed by atoms with E-state index in [0.717, 1.165) is 16.9 Å². The summed E-state index contributed by atoms with van der Waals surface area (Å²) in [5.41, 5.74) is 2.18. The van der Waals surface area contributed by atoms with E-state index in [1.165, 1.54) is 6.26 Å². The number of methoxy groups -OCH3 is 1. The maximum Gasteiger partial charge on any atom is 0.191 e. The van der Waals surface area contributed by atoms with Crippen molar-refractivity contribution >= 4 is 15.8 Å². The molecule has 0 unspecified atom stereocenters. The van der Waals surface area contributed by atoms with Crippen molar-refractivity contribution in [3.8, 4) is 5.75 Å². The number of aliphatic imine (C=N–C) groups is 1. The Bertz CT molecular complexity index is 645. The molecule has 0 heterocycles. The summed E-state index contributed by atoms with van der Waals surface area (Å²) in [6.07, 6.45) is 1.19. The third kappa shape index (κ3) is 8.16. The molecule has 136 valence electrons. The van der Waals surface area contributed by atoms with Gasteiger partial charge in [0, 0.05) is 32.0 Å². The lowest BCUT2D eigenvalue weighted by Crippen LogP contribution is -2.38. The first kappa shape index (κ1) is 20.2. The molecule has 1 rings (SSSR count). The van der Waals surface area contributed by atoms with Gasteiger partial charge >= 0.3 is 0 Å². The largest absolute Gasteiger partial charge is 0.496 e. The van der Waals surface area contributed by atoms with E-state index >= 15 is 0 Å². The molecule has 0 saturated carbocycles. The van der Waals surface area contributed by atoms with Crippen molar-refractivity contribution in [2.24, 2.45) is 4.99 Å². The predicted octanol–water partition coefficient (Wildman–Crippen LogP) is 0.730. The number of benzene rings is 1. The highest BCUT2D eigenvalue weighted by molar-refractivity contribution is 7.90. The zero-order valence-electron chi connectivity index (χ0n) is 14.8. The number of ether oxygens (including phenoxy) is 2. The number of hydrogen-bond acceptors (Lipinski definition) is 5. The van der Waals surface area contributed by atoms with E-state index in [1.807, 2.05) is 25.1 Å². The van der Waals surface area contributed by atoms with Crippen LogP contribution in [-0.2, 0) is 21.1 Å². The monoisotopic (exact) mass is 357 g/mol. The molecule has 0 radical (unpaired) electrons. The molecule has 1 aromatic carbocycles. The Balaban J connectivity index is 2.33. The van der Waals surface area contributed by atoms with E-state index in [4.69, 9.17) is 9.47 Å². The van der Waals surface area contributed by atoms with E-state index in [1.54, 1.807) is 14.2 Å². The molecule has 0 spiro atoms. The van der Waals surface area contributed by atoms with Crippen LogP contribution >= 0.6 is 0 Å². The van der Waals surface area contributed by atoms with Crippen LogP contribution in [0, 0.1) is 6.92 Å². The smallest absolute Gasteiger partial charge is 0.191 e. The Hall–Kier alpha value is -1.80. The van der Waals surface area contributed by atoms with Crippen LogP contribution in [0.3, 0.4) is 0 Å². The van der Waals surface area contributed by atoms with Crippen molar-refractivity contribution in [3.05, 3.63) is 29.3 Å². The van der Waals surface area contributed by atoms with Crippen molar-refractivity contribution in [3.63, 3.8) is 0 Å². The molecule has 2 N–H and O–H groups in total. The summed E-state index contributed by atoms with van der Waals surface area (Å²) in [6.45, 7) is 3.74. The molecule has 1 aromatic rings. The molecule has 0 atom stereocenters. The quantitative estimate of drug-likeness (QED) is 0.385. The Kier molecular flexibility index (Phi) is 8.56. The highest BCUT2D eigenvalue weighted by Gasteiger charge is 2.05. The minimum atomic E-state index is -2.97. The first-order chi connectivity index (χ1) is 11.4. The molecule has 0 bridgehead atoms. The molecule has 0 aliphatic heterocycles. The van der Waals surface area contributed by atoms with E-state index < -0.39 is 9.84 Å². The van der Waals surface area contributed by atoms with Crippen molar-refractivity contribution < 1.29 is 17.9 Å². The Morgan fingerprint density at radius 1 is 1.25 bits per heavy atom. The van der Waals surface area contributed by atoms with Crippen LogP contribution in [0.25, 0.3) is 0 Å². The highest BCUT2D eigenvalue weighted by atomic mass is 32.2. The van der Waals surface area contributed by atoms with Crippen LogP contribution in [0.15, 0.2) is 23.2 Å². The lowest BCUT2D eigenvalue weighted by atomic mass is 10.1. The van der Waals surface area contributed by atoms with Gasteiger partial charge in [0.2, 0.25) is 0 Å². The molecule has 0 aromatic heterocycles. The molecular weight excluding hydrogens is 330 g/mol. The number of rotatable bonds is 9. The van der Waals surface area contributed by atoms with Crippen LogP contribution in [-0.4, -0.2) is 60.3 Å². The SMILES string of the molecule is CN=C(NCCOCCS(C)(=O)=O)NCc1ccc(C)cc1OC. The summed E-state index contributed by atoms with van der Waals surface area (Å²) < 4.78 is 32.6. The van der Waals surface area contributed by atoms with Gasteiger partial charge in [-0.05, 0) is 18.6 Å². The Morgan fingerprint density at radius 3 is 2.62 bits per heavy atom. The predicted molar refractivity (Wildman–Crippen MR) is 96.5 cm³/mol. The molecule has 0 amide bonds. The highest BCUT2D eigenvalue weighted by Crippen LogP contribution is 2.19. The van der Waals surface area contributed by atoms with Gasteiger partial charge in [-0.15, -0.1) is 0 Å². The van der Waals surface area contributed by atoms with Crippen molar-refractivity contribution in [2.75, 3.05) is 45.9 Å². The first-order valence-corrected chi connectivity index (χ1v) is 9.75. The third-order valence-electron chi connectivity index (χ3n) is 3.25. The van der Waals surface area contributed by atoms with Crippen molar-refractivity contribution in [2.45, 2.75) is 13.5 Å². The zero-order chi connectivity index (χ0) is 18.0. The average molecular weight is 357 g/mol. The van der Waals surface area contributed by atoms with Gasteiger partial charge in [-0.25, -0.2) is 8.42 Å². The fraction of sp³-hybridized carbons (Fsp3) is 0.562. The summed E-state index contributed by atoms with van der Waals surface area (Å²) in [7, 11) is 0.364. The normalized spacial score (nSPS) is 12.1. The minimum Gasteiger partial charge on any atom is -0.496 e. The second-order valence-corrected chi connectivity index (χ2v) is 7.67.